The highest BCUT2D eigenvalue weighted by Crippen LogP contribution is 2.66. The standard InChI is InChI=1S/C36H39N3O2/c1-41-26-16-17-27-29(20-26)30-21-36(30,35(40)38-19-18-37-31(22-38)24-10-4-2-5-11-24)23-39-32-15-9-8-14-28(32)33(34(27)39)25-12-6-3-7-13-25/h2,4-5,8-11,14-17,20,25,30-31,37H,3,6-7,12-13,18-19,21-23H2,1H3. The minimum absolute atomic E-state index is 0.168. The Kier molecular flexibility index (Phi) is 5.99. The lowest BCUT2D eigenvalue weighted by Gasteiger charge is -2.36. The number of carbonyl (C=O) groups is 1. The quantitative estimate of drug-likeness (QED) is 0.300. The van der Waals surface area contributed by atoms with Gasteiger partial charge in [0.2, 0.25) is 5.91 Å². The van der Waals surface area contributed by atoms with Gasteiger partial charge in [-0.3, -0.25) is 4.79 Å². The van der Waals surface area contributed by atoms with E-state index in [9.17, 15) is 4.79 Å². The van der Waals surface area contributed by atoms with Crippen molar-refractivity contribution in [1.82, 2.24) is 14.8 Å². The van der Waals surface area contributed by atoms with Gasteiger partial charge in [-0.1, -0.05) is 67.8 Å². The highest BCUT2D eigenvalue weighted by atomic mass is 16.5. The van der Waals surface area contributed by atoms with Crippen LogP contribution in [-0.2, 0) is 11.3 Å². The zero-order chi connectivity index (χ0) is 27.6. The van der Waals surface area contributed by atoms with Crippen molar-refractivity contribution in [2.75, 3.05) is 26.7 Å². The summed E-state index contributed by atoms with van der Waals surface area (Å²) in [6.07, 6.45) is 7.35. The van der Waals surface area contributed by atoms with Crippen molar-refractivity contribution in [2.24, 2.45) is 5.41 Å². The second-order valence-electron chi connectivity index (χ2n) is 12.7. The summed E-state index contributed by atoms with van der Waals surface area (Å²) in [6.45, 7) is 3.04. The predicted molar refractivity (Wildman–Crippen MR) is 163 cm³/mol. The van der Waals surface area contributed by atoms with Gasteiger partial charge in [-0.05, 0) is 66.1 Å². The maximum Gasteiger partial charge on any atom is 0.231 e. The number of amides is 1. The fraction of sp³-hybridized carbons (Fsp3) is 0.417. The first-order valence-electron chi connectivity index (χ1n) is 15.5. The van der Waals surface area contributed by atoms with Crippen molar-refractivity contribution in [3.8, 4) is 17.0 Å². The Bertz CT molecular complexity index is 1620. The molecule has 0 bridgehead atoms. The van der Waals surface area contributed by atoms with Crippen LogP contribution in [0.4, 0.5) is 0 Å². The van der Waals surface area contributed by atoms with Gasteiger partial charge in [0.15, 0.2) is 0 Å². The normalized spacial score (nSPS) is 25.6. The lowest BCUT2D eigenvalue weighted by molar-refractivity contribution is -0.139. The second kappa shape index (κ2) is 9.77. The summed E-state index contributed by atoms with van der Waals surface area (Å²) in [4.78, 5) is 16.9. The molecule has 4 aliphatic rings. The molecule has 2 saturated carbocycles. The summed E-state index contributed by atoms with van der Waals surface area (Å²) < 4.78 is 8.29. The van der Waals surface area contributed by atoms with Gasteiger partial charge >= 0.3 is 0 Å². The Hall–Kier alpha value is -3.57. The van der Waals surface area contributed by atoms with Crippen molar-refractivity contribution in [3.05, 3.63) is 89.5 Å². The maximum atomic E-state index is 14.7. The van der Waals surface area contributed by atoms with E-state index in [1.54, 1.807) is 7.11 Å². The number of hydrogen-bond donors (Lipinski definition) is 1. The molecule has 5 heteroatoms. The molecule has 41 heavy (non-hydrogen) atoms. The molecule has 2 aliphatic heterocycles. The van der Waals surface area contributed by atoms with Gasteiger partial charge in [0.1, 0.15) is 5.75 Å². The molecule has 3 heterocycles. The van der Waals surface area contributed by atoms with Gasteiger partial charge in [0.25, 0.3) is 0 Å². The molecule has 2 aliphatic carbocycles. The molecule has 4 aromatic rings. The SMILES string of the molecule is COc1ccc2c(c1)C1CC1(C(=O)N1CCNC(c3ccccc3)C1)Cn1c-2c(C2CCCCC2)c2ccccc21. The third kappa shape index (κ3) is 3.96. The Morgan fingerprint density at radius 3 is 2.61 bits per heavy atom. The largest absolute Gasteiger partial charge is 0.497 e. The maximum absolute atomic E-state index is 14.7. The lowest BCUT2D eigenvalue weighted by atomic mass is 9.81. The highest BCUT2D eigenvalue weighted by Gasteiger charge is 2.64. The number of methoxy groups -OCH3 is 1. The van der Waals surface area contributed by atoms with Crippen LogP contribution >= 0.6 is 0 Å². The molecule has 3 atom stereocenters. The van der Waals surface area contributed by atoms with Crippen molar-refractivity contribution < 1.29 is 9.53 Å². The Morgan fingerprint density at radius 2 is 1.78 bits per heavy atom. The molecule has 1 N–H and O–H groups in total. The fourth-order valence-corrected chi connectivity index (χ4v) is 8.39. The zero-order valence-corrected chi connectivity index (χ0v) is 23.9. The third-order valence-corrected chi connectivity index (χ3v) is 10.5. The number of ether oxygens (including phenoxy) is 1. The van der Waals surface area contributed by atoms with Crippen LogP contribution in [0.1, 0.15) is 73.1 Å². The molecule has 0 radical (unpaired) electrons. The first-order valence-corrected chi connectivity index (χ1v) is 15.5. The van der Waals surface area contributed by atoms with E-state index in [1.165, 1.54) is 71.0 Å². The van der Waals surface area contributed by atoms with Gasteiger partial charge in [-0.15, -0.1) is 0 Å². The Morgan fingerprint density at radius 1 is 0.976 bits per heavy atom. The third-order valence-electron chi connectivity index (χ3n) is 10.5. The van der Waals surface area contributed by atoms with Crippen LogP contribution in [0.25, 0.3) is 22.2 Å². The summed E-state index contributed by atoms with van der Waals surface area (Å²) in [5.41, 5.74) is 7.60. The van der Waals surface area contributed by atoms with Gasteiger partial charge in [-0.2, -0.15) is 0 Å². The average Bonchev–Trinajstić information content (AvgIpc) is 3.71. The van der Waals surface area contributed by atoms with Crippen LogP contribution < -0.4 is 10.1 Å². The summed E-state index contributed by atoms with van der Waals surface area (Å²) in [7, 11) is 1.75. The number of fused-ring (bicyclic) bond motifs is 7. The molecular formula is C36H39N3O2. The number of nitrogens with zero attached hydrogens (tertiary/aromatic N) is 2. The van der Waals surface area contributed by atoms with Crippen molar-refractivity contribution >= 4 is 16.8 Å². The van der Waals surface area contributed by atoms with E-state index >= 15 is 0 Å². The number of nitrogens with one attached hydrogen (secondary N) is 1. The Labute approximate surface area is 242 Å². The average molecular weight is 546 g/mol. The number of para-hydroxylation sites is 1. The van der Waals surface area contributed by atoms with E-state index in [-0.39, 0.29) is 12.0 Å². The van der Waals surface area contributed by atoms with E-state index < -0.39 is 5.41 Å². The highest BCUT2D eigenvalue weighted by molar-refractivity contribution is 5.96. The van der Waals surface area contributed by atoms with Crippen LogP contribution in [0.3, 0.4) is 0 Å². The first kappa shape index (κ1) is 25.2. The van der Waals surface area contributed by atoms with Crippen molar-refractivity contribution in [3.63, 3.8) is 0 Å². The van der Waals surface area contributed by atoms with E-state index in [2.05, 4.69) is 87.6 Å². The van der Waals surface area contributed by atoms with Crippen molar-refractivity contribution in [1.29, 1.82) is 0 Å². The van der Waals surface area contributed by atoms with Crippen molar-refractivity contribution in [2.45, 2.75) is 62.9 Å². The number of piperazine rings is 1. The van der Waals surface area contributed by atoms with Gasteiger partial charge < -0.3 is 19.5 Å². The van der Waals surface area contributed by atoms with Gasteiger partial charge in [0.05, 0.1) is 18.2 Å². The van der Waals surface area contributed by atoms with Crippen LogP contribution in [0.5, 0.6) is 5.75 Å². The van der Waals surface area contributed by atoms with E-state index in [1.807, 2.05) is 0 Å². The predicted octanol–water partition coefficient (Wildman–Crippen LogP) is 7.03. The summed E-state index contributed by atoms with van der Waals surface area (Å²) in [5, 5.41) is 5.04. The number of hydrogen-bond acceptors (Lipinski definition) is 3. The van der Waals surface area contributed by atoms with Gasteiger partial charge in [0, 0.05) is 54.6 Å². The van der Waals surface area contributed by atoms with E-state index in [0.717, 1.165) is 38.3 Å². The molecule has 5 nitrogen and oxygen atoms in total. The number of benzene rings is 3. The second-order valence-corrected chi connectivity index (χ2v) is 12.7. The van der Waals surface area contributed by atoms with Gasteiger partial charge in [-0.25, -0.2) is 0 Å². The van der Waals surface area contributed by atoms with E-state index in [0.29, 0.717) is 11.8 Å². The first-order chi connectivity index (χ1) is 20.2. The summed E-state index contributed by atoms with van der Waals surface area (Å²) in [6, 6.07) is 26.3. The van der Waals surface area contributed by atoms with Crippen LogP contribution in [0.2, 0.25) is 0 Å². The summed E-state index contributed by atoms with van der Waals surface area (Å²) in [5.74, 6) is 1.99. The van der Waals surface area contributed by atoms with E-state index in [4.69, 9.17) is 4.74 Å². The molecule has 1 aromatic heterocycles. The topological polar surface area (TPSA) is 46.5 Å². The zero-order valence-electron chi connectivity index (χ0n) is 23.9. The molecule has 1 saturated heterocycles. The molecule has 1 amide bonds. The minimum Gasteiger partial charge on any atom is -0.497 e. The minimum atomic E-state index is -0.420. The number of rotatable bonds is 4. The molecule has 3 aromatic carbocycles. The molecule has 3 fully saturated rings. The lowest BCUT2D eigenvalue weighted by Crippen LogP contribution is -2.51. The van der Waals surface area contributed by atoms with Crippen LogP contribution in [-0.4, -0.2) is 42.1 Å². The Balaban J connectivity index is 1.26. The van der Waals surface area contributed by atoms with Crippen LogP contribution in [0.15, 0.2) is 72.8 Å². The fourth-order valence-electron chi connectivity index (χ4n) is 8.39. The summed E-state index contributed by atoms with van der Waals surface area (Å²) >= 11 is 0. The number of aromatic nitrogens is 1. The number of carbonyl (C=O) groups excluding carboxylic acids is 1. The molecule has 8 rings (SSSR count). The van der Waals surface area contributed by atoms with Crippen LogP contribution in [0, 0.1) is 5.41 Å². The molecule has 210 valence electrons. The molecular weight excluding hydrogens is 506 g/mol. The smallest absolute Gasteiger partial charge is 0.231 e. The molecule has 3 unspecified atom stereocenters. The monoisotopic (exact) mass is 545 g/mol. The molecule has 0 spiro atoms.